The largest absolute Gasteiger partial charge is 0.310 e. The SMILES string of the molecule is CC1(C)c2ccccc2-c2ccc(N(c3ccc(-c4ccccc4)cc3)c3ccccc3-c3ccccc3-c3ccc4c(c3)-c3ccc5c(c3CCC4c3cccc(-c4ccccc4)c3)C3(c4ccccc4-c4ccccc43)c3ccccc3-5)cc21. The third-order valence-corrected chi connectivity index (χ3v) is 19.8. The van der Waals surface area contributed by atoms with Crippen molar-refractivity contribution in [3.05, 3.63) is 353 Å². The van der Waals surface area contributed by atoms with Crippen molar-refractivity contribution in [1.82, 2.24) is 0 Å². The molecule has 1 heteroatoms. The lowest BCUT2D eigenvalue weighted by atomic mass is 9.68. The highest BCUT2D eigenvalue weighted by molar-refractivity contribution is 6.00. The molecular formula is C85H61N. The summed E-state index contributed by atoms with van der Waals surface area (Å²) in [6.45, 7) is 4.76. The van der Waals surface area contributed by atoms with Crippen molar-refractivity contribution < 1.29 is 0 Å². The molecule has 0 aromatic heterocycles. The van der Waals surface area contributed by atoms with Crippen LogP contribution in [0.25, 0.3) is 89.0 Å². The lowest BCUT2D eigenvalue weighted by Gasteiger charge is -2.33. The van der Waals surface area contributed by atoms with E-state index in [9.17, 15) is 0 Å². The Morgan fingerprint density at radius 3 is 1.45 bits per heavy atom. The molecule has 86 heavy (non-hydrogen) atoms. The van der Waals surface area contributed by atoms with Crippen LogP contribution >= 0.6 is 0 Å². The number of anilines is 3. The van der Waals surface area contributed by atoms with Crippen molar-refractivity contribution in [3.8, 4) is 89.0 Å². The van der Waals surface area contributed by atoms with Crippen LogP contribution in [0.5, 0.6) is 0 Å². The Morgan fingerprint density at radius 2 is 0.779 bits per heavy atom. The molecule has 0 fully saturated rings. The summed E-state index contributed by atoms with van der Waals surface area (Å²) in [6.07, 6.45) is 1.91. The molecule has 13 aromatic rings. The fourth-order valence-corrected chi connectivity index (χ4v) is 16.0. The highest BCUT2D eigenvalue weighted by Gasteiger charge is 2.53. The second-order valence-electron chi connectivity index (χ2n) is 24.5. The third kappa shape index (κ3) is 7.50. The van der Waals surface area contributed by atoms with Crippen LogP contribution in [0.4, 0.5) is 17.1 Å². The Balaban J connectivity index is 0.865. The number of hydrogen-bond donors (Lipinski definition) is 0. The summed E-state index contributed by atoms with van der Waals surface area (Å²) in [5.41, 5.74) is 35.5. The second kappa shape index (κ2) is 19.6. The van der Waals surface area contributed by atoms with Crippen LogP contribution < -0.4 is 4.90 Å². The summed E-state index contributed by atoms with van der Waals surface area (Å²) in [7, 11) is 0. The first kappa shape index (κ1) is 50.2. The Bertz CT molecular complexity index is 4790. The van der Waals surface area contributed by atoms with Crippen LogP contribution in [0, 0.1) is 0 Å². The molecular weight excluding hydrogens is 1030 g/mol. The van der Waals surface area contributed by atoms with Gasteiger partial charge in [-0.3, -0.25) is 0 Å². The average molecular weight is 1100 g/mol. The van der Waals surface area contributed by atoms with E-state index in [1.807, 2.05) is 0 Å². The van der Waals surface area contributed by atoms with Gasteiger partial charge in [0.2, 0.25) is 0 Å². The first-order chi connectivity index (χ1) is 42.4. The minimum Gasteiger partial charge on any atom is -0.310 e. The molecule has 1 nitrogen and oxygen atoms in total. The molecule has 4 aliphatic carbocycles. The molecule has 0 N–H and O–H groups in total. The maximum Gasteiger partial charge on any atom is 0.0728 e. The normalized spacial score (nSPS) is 14.8. The van der Waals surface area contributed by atoms with Crippen LogP contribution in [0.2, 0.25) is 0 Å². The molecule has 406 valence electrons. The second-order valence-corrected chi connectivity index (χ2v) is 24.5. The molecule has 1 spiro atoms. The standard InChI is InChI=1S/C85H61N/c1-84(2)77-35-16-11-30-68(77)72-47-45-62(54-81(72)84)86(61-43-40-57(41-44-61)55-22-5-3-6-23-55)82-39-20-15-34-73(82)65-29-10-9-28-63(65)60-42-46-66-64(59-27-21-26-58(52-59)56-24-7-4-8-25-56)48-50-74-67(76(66)53-60)49-51-75-71-33-14-19-38-80(71)85(83(74)75)78-36-17-12-31-69(78)70-32-13-18-37-79(70)85/h3-47,49,51-54,64H,48,50H2,1-2H3. The molecule has 1 unspecified atom stereocenters. The van der Waals surface area contributed by atoms with Crippen LogP contribution in [-0.4, -0.2) is 0 Å². The molecule has 0 radical (unpaired) electrons. The number of para-hydroxylation sites is 1. The predicted octanol–water partition coefficient (Wildman–Crippen LogP) is 22.2. The van der Waals surface area contributed by atoms with E-state index in [-0.39, 0.29) is 11.3 Å². The van der Waals surface area contributed by atoms with E-state index in [4.69, 9.17) is 0 Å². The fourth-order valence-electron chi connectivity index (χ4n) is 16.0. The van der Waals surface area contributed by atoms with Gasteiger partial charge in [0.1, 0.15) is 0 Å². The molecule has 0 aliphatic heterocycles. The topological polar surface area (TPSA) is 3.24 Å². The molecule has 0 amide bonds. The van der Waals surface area contributed by atoms with Gasteiger partial charge in [-0.2, -0.15) is 0 Å². The maximum absolute atomic E-state index is 2.56. The fraction of sp³-hybridized carbons (Fsp3) is 0.0824. The Morgan fingerprint density at radius 1 is 0.302 bits per heavy atom. The molecule has 0 saturated heterocycles. The molecule has 1 atom stereocenters. The van der Waals surface area contributed by atoms with Gasteiger partial charge in [-0.05, 0) is 183 Å². The Labute approximate surface area is 504 Å². The van der Waals surface area contributed by atoms with Crippen molar-refractivity contribution in [2.24, 2.45) is 0 Å². The van der Waals surface area contributed by atoms with E-state index in [1.54, 1.807) is 0 Å². The van der Waals surface area contributed by atoms with Crippen molar-refractivity contribution >= 4 is 17.1 Å². The summed E-state index contributed by atoms with van der Waals surface area (Å²) in [5.74, 6) is 0.150. The quantitative estimate of drug-likeness (QED) is 0.147. The van der Waals surface area contributed by atoms with E-state index in [2.05, 4.69) is 322 Å². The van der Waals surface area contributed by atoms with Gasteiger partial charge in [0.25, 0.3) is 0 Å². The lowest BCUT2D eigenvalue weighted by Crippen LogP contribution is -2.27. The van der Waals surface area contributed by atoms with Crippen LogP contribution in [-0.2, 0) is 17.3 Å². The van der Waals surface area contributed by atoms with Gasteiger partial charge < -0.3 is 4.90 Å². The number of nitrogens with zero attached hydrogens (tertiary/aromatic N) is 1. The monoisotopic (exact) mass is 1100 g/mol. The van der Waals surface area contributed by atoms with Crippen molar-refractivity contribution in [3.63, 3.8) is 0 Å². The number of rotatable bonds is 8. The van der Waals surface area contributed by atoms with Crippen molar-refractivity contribution in [2.45, 2.75) is 43.4 Å². The zero-order chi connectivity index (χ0) is 57.1. The summed E-state index contributed by atoms with van der Waals surface area (Å²) in [5, 5.41) is 0. The van der Waals surface area contributed by atoms with Crippen LogP contribution in [0.3, 0.4) is 0 Å². The molecule has 0 saturated carbocycles. The van der Waals surface area contributed by atoms with E-state index >= 15 is 0 Å². The smallest absolute Gasteiger partial charge is 0.0728 e. The zero-order valence-electron chi connectivity index (χ0n) is 48.3. The van der Waals surface area contributed by atoms with Gasteiger partial charge in [0.05, 0.1) is 11.1 Å². The van der Waals surface area contributed by atoms with Crippen molar-refractivity contribution in [2.75, 3.05) is 4.90 Å². The molecule has 17 rings (SSSR count). The first-order valence-corrected chi connectivity index (χ1v) is 30.6. The summed E-state index contributed by atoms with van der Waals surface area (Å²) in [4.78, 5) is 2.50. The molecule has 13 aromatic carbocycles. The molecule has 0 heterocycles. The van der Waals surface area contributed by atoms with Gasteiger partial charge in [-0.15, -0.1) is 0 Å². The van der Waals surface area contributed by atoms with Gasteiger partial charge in [0.15, 0.2) is 0 Å². The van der Waals surface area contributed by atoms with E-state index in [0.717, 1.165) is 29.9 Å². The average Bonchev–Trinajstić information content (AvgIpc) is 1.53. The first-order valence-electron chi connectivity index (χ1n) is 30.6. The van der Waals surface area contributed by atoms with E-state index in [1.165, 1.54) is 139 Å². The van der Waals surface area contributed by atoms with Crippen molar-refractivity contribution in [1.29, 1.82) is 0 Å². The maximum atomic E-state index is 2.56. The molecule has 4 aliphatic rings. The van der Waals surface area contributed by atoms with Crippen LogP contribution in [0.15, 0.2) is 303 Å². The van der Waals surface area contributed by atoms with E-state index in [0.29, 0.717) is 0 Å². The summed E-state index contributed by atoms with van der Waals surface area (Å²) in [6, 6.07) is 115. The van der Waals surface area contributed by atoms with Gasteiger partial charge in [-0.25, -0.2) is 0 Å². The minimum atomic E-state index is -0.460. The Hall–Kier alpha value is -10.3. The van der Waals surface area contributed by atoms with Gasteiger partial charge >= 0.3 is 0 Å². The third-order valence-electron chi connectivity index (χ3n) is 19.8. The zero-order valence-corrected chi connectivity index (χ0v) is 48.3. The number of fused-ring (bicyclic) bond motifs is 17. The van der Waals surface area contributed by atoms with E-state index < -0.39 is 5.41 Å². The summed E-state index contributed by atoms with van der Waals surface area (Å²) >= 11 is 0. The Kier molecular flexibility index (Phi) is 11.5. The van der Waals surface area contributed by atoms with Crippen LogP contribution in [0.1, 0.15) is 76.3 Å². The number of hydrogen-bond acceptors (Lipinski definition) is 1. The summed E-state index contributed by atoms with van der Waals surface area (Å²) < 4.78 is 0. The highest BCUT2D eigenvalue weighted by atomic mass is 15.1. The molecule has 0 bridgehead atoms. The lowest BCUT2D eigenvalue weighted by molar-refractivity contribution is 0.660. The number of benzene rings is 13. The minimum absolute atomic E-state index is 0.150. The van der Waals surface area contributed by atoms with Gasteiger partial charge in [-0.1, -0.05) is 281 Å². The highest BCUT2D eigenvalue weighted by Crippen LogP contribution is 2.65. The predicted molar refractivity (Wildman–Crippen MR) is 359 cm³/mol. The van der Waals surface area contributed by atoms with Gasteiger partial charge in [0, 0.05) is 28.3 Å².